The molecule has 1 aliphatic rings. The average Bonchev–Trinajstić information content (AvgIpc) is 3.97. The Balaban J connectivity index is 1.24. The monoisotopic (exact) mass is 734 g/mol. The largest absolute Gasteiger partial charge is 0.456 e. The summed E-state index contributed by atoms with van der Waals surface area (Å²) in [6.45, 7) is 0. The van der Waals surface area contributed by atoms with Gasteiger partial charge in [-0.2, -0.15) is 0 Å². The summed E-state index contributed by atoms with van der Waals surface area (Å²) in [5, 5.41) is 8.72. The molecule has 0 fully saturated rings. The molecule has 8 aromatic carbocycles. The van der Waals surface area contributed by atoms with Crippen molar-refractivity contribution in [3.8, 4) is 0 Å². The van der Waals surface area contributed by atoms with E-state index in [1.807, 2.05) is 18.2 Å². The van der Waals surface area contributed by atoms with Crippen molar-refractivity contribution in [2.75, 3.05) is 9.80 Å². The van der Waals surface area contributed by atoms with Gasteiger partial charge in [0.15, 0.2) is 0 Å². The molecule has 0 aliphatic heterocycles. The summed E-state index contributed by atoms with van der Waals surface area (Å²) < 4.78 is 20.1. The molecular weight excluding hydrogens is 701 g/mol. The number of hydrogen-bond donors (Lipinski definition) is 0. The number of nitrogens with zero attached hydrogens (tertiary/aromatic N) is 2. The Kier molecular flexibility index (Phi) is 6.99. The number of rotatable bonds is 6. The number of fused-ring (bicyclic) bond motifs is 11. The topological polar surface area (TPSA) is 45.9 Å². The van der Waals surface area contributed by atoms with Gasteiger partial charge < -0.3 is 23.1 Å². The average molecular weight is 735 g/mol. The van der Waals surface area contributed by atoms with E-state index in [4.69, 9.17) is 13.3 Å². The highest BCUT2D eigenvalue weighted by Crippen LogP contribution is 2.49. The van der Waals surface area contributed by atoms with Crippen molar-refractivity contribution >= 4 is 106 Å². The van der Waals surface area contributed by atoms with E-state index >= 15 is 0 Å². The summed E-state index contributed by atoms with van der Waals surface area (Å²) in [5.41, 5.74) is 11.5. The Morgan fingerprint density at radius 3 is 1.86 bits per heavy atom. The second kappa shape index (κ2) is 12.5. The molecule has 11 aromatic rings. The molecule has 0 saturated heterocycles. The van der Waals surface area contributed by atoms with Crippen LogP contribution in [-0.4, -0.2) is 0 Å². The maximum atomic E-state index is 7.10. The smallest absolute Gasteiger partial charge is 0.143 e. The van der Waals surface area contributed by atoms with Crippen LogP contribution in [0.1, 0.15) is 12.8 Å². The zero-order valence-electron chi connectivity index (χ0n) is 30.9. The molecule has 12 rings (SSSR count). The molecule has 5 heteroatoms. The zero-order valence-corrected chi connectivity index (χ0v) is 30.9. The lowest BCUT2D eigenvalue weighted by atomic mass is 10.0. The molecule has 0 radical (unpaired) electrons. The first-order chi connectivity index (χ1) is 28.3. The normalized spacial score (nSPS) is 12.9. The third-order valence-corrected chi connectivity index (χ3v) is 11.5. The van der Waals surface area contributed by atoms with Crippen LogP contribution < -0.4 is 20.4 Å². The molecule has 3 heterocycles. The molecule has 0 unspecified atom stereocenters. The fourth-order valence-electron chi connectivity index (χ4n) is 9.06. The minimum absolute atomic E-state index is 0.806. The van der Waals surface area contributed by atoms with Gasteiger partial charge in [0.2, 0.25) is 0 Å². The van der Waals surface area contributed by atoms with Gasteiger partial charge in [0.05, 0.1) is 27.8 Å². The van der Waals surface area contributed by atoms with Crippen LogP contribution in [-0.2, 0) is 0 Å². The first-order valence-electron chi connectivity index (χ1n) is 19.5. The van der Waals surface area contributed by atoms with Crippen molar-refractivity contribution < 1.29 is 13.3 Å². The van der Waals surface area contributed by atoms with E-state index in [0.717, 1.165) is 118 Å². The van der Waals surface area contributed by atoms with Crippen molar-refractivity contribution in [3.05, 3.63) is 187 Å². The Labute approximate surface area is 327 Å². The fraction of sp³-hybridized carbons (Fsp3) is 0.0385. The van der Waals surface area contributed by atoms with Crippen molar-refractivity contribution in [1.29, 1.82) is 0 Å². The van der Waals surface area contributed by atoms with E-state index in [2.05, 4.69) is 174 Å². The quantitative estimate of drug-likeness (QED) is 0.170. The van der Waals surface area contributed by atoms with Gasteiger partial charge in [-0.15, -0.1) is 0 Å². The Morgan fingerprint density at radius 2 is 1.05 bits per heavy atom. The summed E-state index contributed by atoms with van der Waals surface area (Å²) in [6.07, 6.45) is 3.93. The molecular formula is C52H34N2O3. The summed E-state index contributed by atoms with van der Waals surface area (Å²) in [6, 6.07) is 61.8. The molecule has 0 bridgehead atoms. The van der Waals surface area contributed by atoms with Crippen LogP contribution in [0.5, 0.6) is 0 Å². The lowest BCUT2D eigenvalue weighted by molar-refractivity contribution is 0.570. The van der Waals surface area contributed by atoms with Crippen LogP contribution in [0, 0.1) is 0 Å². The highest BCUT2D eigenvalue weighted by molar-refractivity contribution is 6.21. The van der Waals surface area contributed by atoms with Gasteiger partial charge in [-0.05, 0) is 85.0 Å². The Hall–Kier alpha value is -7.50. The third kappa shape index (κ3) is 4.89. The van der Waals surface area contributed by atoms with Crippen LogP contribution in [0.15, 0.2) is 189 Å². The van der Waals surface area contributed by atoms with Crippen LogP contribution in [0.3, 0.4) is 0 Å². The third-order valence-electron chi connectivity index (χ3n) is 11.5. The second-order valence-corrected chi connectivity index (χ2v) is 14.7. The van der Waals surface area contributed by atoms with Crippen LogP contribution in [0.4, 0.5) is 28.4 Å². The SMILES string of the molecule is C1=c2oc3ccccc3c2=C(N(c2ccccc2)c2cc(N(c3ccccc3)c3cccc4oc5ccccc5c34)cc3oc4c5ccccc5ccc4c23)CC1. The number of anilines is 5. The number of benzene rings is 8. The Morgan fingerprint density at radius 1 is 0.404 bits per heavy atom. The van der Waals surface area contributed by atoms with E-state index in [0.29, 0.717) is 0 Å². The van der Waals surface area contributed by atoms with Gasteiger partial charge >= 0.3 is 0 Å². The van der Waals surface area contributed by atoms with Gasteiger partial charge in [0.1, 0.15) is 33.3 Å². The molecule has 270 valence electrons. The summed E-state index contributed by atoms with van der Waals surface area (Å²) in [7, 11) is 0. The molecule has 5 nitrogen and oxygen atoms in total. The summed E-state index contributed by atoms with van der Waals surface area (Å²) >= 11 is 0. The highest BCUT2D eigenvalue weighted by Gasteiger charge is 2.28. The number of para-hydroxylation sites is 4. The van der Waals surface area contributed by atoms with Crippen LogP contribution in [0.2, 0.25) is 0 Å². The first kappa shape index (κ1) is 31.8. The molecule has 57 heavy (non-hydrogen) atoms. The lowest BCUT2D eigenvalue weighted by Crippen LogP contribution is -2.33. The predicted octanol–water partition coefficient (Wildman–Crippen LogP) is 13.4. The number of furan rings is 3. The standard InChI is InChI=1S/C52H34N2O3/c1-3-16-34(17-4-1)53(41-23-13-27-46-49(41)38-21-9-11-25-44(38)55-46)36-31-43(51-40-30-29-33-15-7-8-20-37(33)52(40)57-48(51)32-36)54(35-18-5-2-6-19-35)42-24-14-28-47-50(42)39-22-10-12-26-45(39)56-47/h1-13,15-23,25-32H,14,24H2. The van der Waals surface area contributed by atoms with Crippen LogP contribution >= 0.6 is 0 Å². The van der Waals surface area contributed by atoms with E-state index in [9.17, 15) is 0 Å². The second-order valence-electron chi connectivity index (χ2n) is 14.7. The molecule has 0 saturated carbocycles. The summed E-state index contributed by atoms with van der Waals surface area (Å²) in [5.74, 6) is 0. The molecule has 1 aliphatic carbocycles. The molecule has 0 atom stereocenters. The van der Waals surface area contributed by atoms with E-state index < -0.39 is 0 Å². The van der Waals surface area contributed by atoms with Crippen molar-refractivity contribution in [2.45, 2.75) is 12.8 Å². The summed E-state index contributed by atoms with van der Waals surface area (Å²) in [4.78, 5) is 4.81. The fourth-order valence-corrected chi connectivity index (χ4v) is 9.06. The first-order valence-corrected chi connectivity index (χ1v) is 19.5. The van der Waals surface area contributed by atoms with Gasteiger partial charge in [-0.3, -0.25) is 0 Å². The minimum atomic E-state index is 0.806. The van der Waals surface area contributed by atoms with Gasteiger partial charge in [-0.25, -0.2) is 0 Å². The van der Waals surface area contributed by atoms with Gasteiger partial charge in [0, 0.05) is 49.9 Å². The van der Waals surface area contributed by atoms with Crippen molar-refractivity contribution in [3.63, 3.8) is 0 Å². The maximum Gasteiger partial charge on any atom is 0.143 e. The van der Waals surface area contributed by atoms with Crippen LogP contribution in [0.25, 0.3) is 77.4 Å². The molecule has 0 amide bonds. The Bertz CT molecular complexity index is 3490. The lowest BCUT2D eigenvalue weighted by Gasteiger charge is -2.32. The zero-order chi connectivity index (χ0) is 37.5. The predicted molar refractivity (Wildman–Crippen MR) is 234 cm³/mol. The maximum absolute atomic E-state index is 7.10. The molecule has 3 aromatic heterocycles. The molecule has 0 spiro atoms. The van der Waals surface area contributed by atoms with Gasteiger partial charge in [-0.1, -0.05) is 109 Å². The van der Waals surface area contributed by atoms with E-state index in [1.54, 1.807) is 0 Å². The highest BCUT2D eigenvalue weighted by atomic mass is 16.3. The minimum Gasteiger partial charge on any atom is -0.456 e. The van der Waals surface area contributed by atoms with E-state index in [-0.39, 0.29) is 0 Å². The van der Waals surface area contributed by atoms with E-state index in [1.165, 1.54) is 5.70 Å². The van der Waals surface area contributed by atoms with Crippen molar-refractivity contribution in [1.82, 2.24) is 0 Å². The molecule has 0 N–H and O–H groups in total. The van der Waals surface area contributed by atoms with Gasteiger partial charge in [0.25, 0.3) is 0 Å². The number of hydrogen-bond acceptors (Lipinski definition) is 5. The van der Waals surface area contributed by atoms with Crippen molar-refractivity contribution in [2.24, 2.45) is 0 Å².